The average Bonchev–Trinajstić information content (AvgIpc) is 2.41. The van der Waals surface area contributed by atoms with Gasteiger partial charge in [-0.3, -0.25) is 0 Å². The predicted molar refractivity (Wildman–Crippen MR) is 82.1 cm³/mol. The molecular weight excluding hydrogens is 310 g/mol. The van der Waals surface area contributed by atoms with Crippen molar-refractivity contribution in [3.63, 3.8) is 0 Å². The molecule has 0 spiro atoms. The fourth-order valence-corrected chi connectivity index (χ4v) is 3.59. The molecule has 0 aromatic heterocycles. The highest BCUT2D eigenvalue weighted by molar-refractivity contribution is 9.10. The van der Waals surface area contributed by atoms with Crippen LogP contribution in [0.1, 0.15) is 50.1 Å². The van der Waals surface area contributed by atoms with Crippen molar-refractivity contribution in [2.45, 2.75) is 44.6 Å². The summed E-state index contributed by atoms with van der Waals surface area (Å²) >= 11 is 9.91. The van der Waals surface area contributed by atoms with E-state index in [9.17, 15) is 0 Å². The lowest BCUT2D eigenvalue weighted by atomic mass is 9.83. The van der Waals surface area contributed by atoms with Crippen LogP contribution in [0.15, 0.2) is 22.7 Å². The van der Waals surface area contributed by atoms with Crippen LogP contribution >= 0.6 is 27.5 Å². The van der Waals surface area contributed by atoms with Crippen LogP contribution in [0.4, 0.5) is 0 Å². The lowest BCUT2D eigenvalue weighted by molar-refractivity contribution is 0.306. The van der Waals surface area contributed by atoms with Crippen LogP contribution in [0.3, 0.4) is 0 Å². The zero-order chi connectivity index (χ0) is 13.0. The van der Waals surface area contributed by atoms with Gasteiger partial charge in [0.1, 0.15) is 0 Å². The van der Waals surface area contributed by atoms with Gasteiger partial charge in [0.05, 0.1) is 5.02 Å². The highest BCUT2D eigenvalue weighted by atomic mass is 79.9. The molecule has 1 aliphatic rings. The molecule has 2 rings (SSSR count). The van der Waals surface area contributed by atoms with Crippen molar-refractivity contribution in [3.8, 4) is 0 Å². The van der Waals surface area contributed by atoms with Gasteiger partial charge in [-0.1, -0.05) is 55.8 Å². The fraction of sp³-hybridized carbons (Fsp3) is 0.600. The Morgan fingerprint density at radius 2 is 2.06 bits per heavy atom. The van der Waals surface area contributed by atoms with Gasteiger partial charge >= 0.3 is 0 Å². The van der Waals surface area contributed by atoms with Crippen LogP contribution in [0.25, 0.3) is 0 Å². The topological polar surface area (TPSA) is 12.0 Å². The highest BCUT2D eigenvalue weighted by Gasteiger charge is 2.21. The van der Waals surface area contributed by atoms with Crippen LogP contribution in [-0.4, -0.2) is 7.05 Å². The molecule has 100 valence electrons. The quantitative estimate of drug-likeness (QED) is 0.786. The molecule has 1 atom stereocenters. The standard InChI is InChI=1S/C15H21BrClN/c1-18-14(10-11-6-3-2-4-7-11)12-8-5-9-13(16)15(12)17/h5,8-9,11,14,18H,2-4,6-7,10H2,1H3. The van der Waals surface area contributed by atoms with E-state index >= 15 is 0 Å². The first-order valence-electron chi connectivity index (χ1n) is 6.83. The van der Waals surface area contributed by atoms with Gasteiger partial charge in [0, 0.05) is 10.5 Å². The number of hydrogen-bond acceptors (Lipinski definition) is 1. The first-order chi connectivity index (χ1) is 8.72. The molecule has 0 saturated heterocycles. The van der Waals surface area contributed by atoms with Gasteiger partial charge in [0.2, 0.25) is 0 Å². The Kier molecular flexibility index (Phi) is 5.53. The molecule has 0 radical (unpaired) electrons. The van der Waals surface area contributed by atoms with Crippen molar-refractivity contribution in [1.29, 1.82) is 0 Å². The molecule has 3 heteroatoms. The zero-order valence-electron chi connectivity index (χ0n) is 10.9. The Labute approximate surface area is 123 Å². The lowest BCUT2D eigenvalue weighted by Gasteiger charge is -2.27. The second-order valence-electron chi connectivity index (χ2n) is 5.22. The van der Waals surface area contributed by atoms with Crippen LogP contribution in [0.2, 0.25) is 5.02 Å². The van der Waals surface area contributed by atoms with Crippen molar-refractivity contribution >= 4 is 27.5 Å². The number of halogens is 2. The Morgan fingerprint density at radius 1 is 1.33 bits per heavy atom. The molecule has 0 bridgehead atoms. The molecular formula is C15H21BrClN. The molecule has 0 heterocycles. The number of benzene rings is 1. The molecule has 1 aromatic rings. The Hall–Kier alpha value is -0.0500. The van der Waals surface area contributed by atoms with Gasteiger partial charge in [-0.15, -0.1) is 0 Å². The van der Waals surface area contributed by atoms with E-state index in [1.807, 2.05) is 13.1 Å². The molecule has 0 amide bonds. The van der Waals surface area contributed by atoms with Gasteiger partial charge in [-0.25, -0.2) is 0 Å². The van der Waals surface area contributed by atoms with E-state index in [2.05, 4.69) is 33.4 Å². The third kappa shape index (κ3) is 3.49. The summed E-state index contributed by atoms with van der Waals surface area (Å²) in [6.45, 7) is 0. The predicted octanol–water partition coefficient (Wildman–Crippen LogP) is 5.33. The van der Waals surface area contributed by atoms with E-state index < -0.39 is 0 Å². The number of rotatable bonds is 4. The van der Waals surface area contributed by atoms with Crippen molar-refractivity contribution < 1.29 is 0 Å². The van der Waals surface area contributed by atoms with Crippen molar-refractivity contribution in [2.24, 2.45) is 5.92 Å². The highest BCUT2D eigenvalue weighted by Crippen LogP contribution is 2.36. The summed E-state index contributed by atoms with van der Waals surface area (Å²) < 4.78 is 0.991. The lowest BCUT2D eigenvalue weighted by Crippen LogP contribution is -2.21. The Morgan fingerprint density at radius 3 is 2.72 bits per heavy atom. The molecule has 1 nitrogen and oxygen atoms in total. The van der Waals surface area contributed by atoms with Gasteiger partial charge < -0.3 is 5.32 Å². The Balaban J connectivity index is 2.09. The van der Waals surface area contributed by atoms with E-state index in [0.717, 1.165) is 15.4 Å². The van der Waals surface area contributed by atoms with Crippen LogP contribution in [0.5, 0.6) is 0 Å². The minimum atomic E-state index is 0.373. The van der Waals surface area contributed by atoms with Crippen LogP contribution < -0.4 is 5.32 Å². The maximum atomic E-state index is 6.40. The van der Waals surface area contributed by atoms with Crippen LogP contribution in [0, 0.1) is 5.92 Å². The molecule has 1 N–H and O–H groups in total. The van der Waals surface area contributed by atoms with E-state index in [0.29, 0.717) is 6.04 Å². The normalized spacial score (nSPS) is 18.8. The molecule has 1 aliphatic carbocycles. The summed E-state index contributed by atoms with van der Waals surface area (Å²) in [5.41, 5.74) is 1.22. The van der Waals surface area contributed by atoms with Crippen molar-refractivity contribution in [1.82, 2.24) is 5.32 Å². The van der Waals surface area contributed by atoms with Gasteiger partial charge in [0.15, 0.2) is 0 Å². The largest absolute Gasteiger partial charge is 0.313 e. The maximum absolute atomic E-state index is 6.40. The Bertz CT molecular complexity index is 388. The van der Waals surface area contributed by atoms with Gasteiger partial charge in [-0.05, 0) is 46.9 Å². The van der Waals surface area contributed by atoms with E-state index in [4.69, 9.17) is 11.6 Å². The molecule has 1 aromatic carbocycles. The van der Waals surface area contributed by atoms with Crippen molar-refractivity contribution in [3.05, 3.63) is 33.3 Å². The first kappa shape index (κ1) is 14.4. The monoisotopic (exact) mass is 329 g/mol. The molecule has 1 fully saturated rings. The number of nitrogens with one attached hydrogen (secondary N) is 1. The second-order valence-corrected chi connectivity index (χ2v) is 6.46. The summed E-state index contributed by atoms with van der Waals surface area (Å²) in [5.74, 6) is 0.853. The van der Waals surface area contributed by atoms with E-state index in [1.165, 1.54) is 44.1 Å². The number of hydrogen-bond donors (Lipinski definition) is 1. The second kappa shape index (κ2) is 6.93. The third-order valence-electron chi connectivity index (χ3n) is 4.00. The smallest absolute Gasteiger partial charge is 0.0595 e. The van der Waals surface area contributed by atoms with Gasteiger partial charge in [0.25, 0.3) is 0 Å². The summed E-state index contributed by atoms with van der Waals surface area (Å²) in [7, 11) is 2.03. The summed E-state index contributed by atoms with van der Waals surface area (Å²) in [4.78, 5) is 0. The summed E-state index contributed by atoms with van der Waals surface area (Å²) in [5, 5.41) is 4.28. The van der Waals surface area contributed by atoms with E-state index in [1.54, 1.807) is 0 Å². The fourth-order valence-electron chi connectivity index (χ4n) is 2.95. The molecule has 1 saturated carbocycles. The molecule has 18 heavy (non-hydrogen) atoms. The summed E-state index contributed by atoms with van der Waals surface area (Å²) in [6, 6.07) is 6.57. The average molecular weight is 331 g/mol. The summed E-state index contributed by atoms with van der Waals surface area (Å²) in [6.07, 6.45) is 8.17. The van der Waals surface area contributed by atoms with Crippen LogP contribution in [-0.2, 0) is 0 Å². The van der Waals surface area contributed by atoms with Crippen molar-refractivity contribution in [2.75, 3.05) is 7.05 Å². The minimum Gasteiger partial charge on any atom is -0.313 e. The SMILES string of the molecule is CNC(CC1CCCCC1)c1cccc(Br)c1Cl. The van der Waals surface area contributed by atoms with Gasteiger partial charge in [-0.2, -0.15) is 0 Å². The molecule has 0 aliphatic heterocycles. The zero-order valence-corrected chi connectivity index (χ0v) is 13.2. The third-order valence-corrected chi connectivity index (χ3v) is 5.31. The first-order valence-corrected chi connectivity index (χ1v) is 8.00. The minimum absolute atomic E-state index is 0.373. The molecule has 1 unspecified atom stereocenters. The van der Waals surface area contributed by atoms with E-state index in [-0.39, 0.29) is 0 Å². The maximum Gasteiger partial charge on any atom is 0.0595 e.